The molecule has 2 nitrogen and oxygen atoms in total. The first-order valence-corrected chi connectivity index (χ1v) is 6.48. The highest BCUT2D eigenvalue weighted by Gasteiger charge is 2.14. The second-order valence-corrected chi connectivity index (χ2v) is 4.87. The minimum atomic E-state index is 0.624. The van der Waals surface area contributed by atoms with Crippen LogP contribution in [0.4, 0.5) is 0 Å². The molecule has 0 saturated heterocycles. The molecule has 0 amide bonds. The Morgan fingerprint density at radius 3 is 2.13 bits per heavy atom. The van der Waals surface area contributed by atoms with Crippen LogP contribution in [0.1, 0.15) is 53.9 Å². The van der Waals surface area contributed by atoms with Crippen LogP contribution >= 0.6 is 0 Å². The molecule has 0 rings (SSSR count). The lowest BCUT2D eigenvalue weighted by atomic mass is 10.1. The zero-order valence-corrected chi connectivity index (χ0v) is 11.5. The Morgan fingerprint density at radius 2 is 1.67 bits per heavy atom. The van der Waals surface area contributed by atoms with Gasteiger partial charge in [0.2, 0.25) is 0 Å². The summed E-state index contributed by atoms with van der Waals surface area (Å²) >= 11 is 0. The smallest absolute Gasteiger partial charge is 0.0192 e. The van der Waals surface area contributed by atoms with Gasteiger partial charge in [-0.15, -0.1) is 0 Å². The van der Waals surface area contributed by atoms with E-state index in [1.165, 1.54) is 19.3 Å². The molecule has 3 unspecified atom stereocenters. The Bertz CT molecular complexity index is 147. The van der Waals surface area contributed by atoms with Gasteiger partial charge in [0.15, 0.2) is 0 Å². The van der Waals surface area contributed by atoms with E-state index in [-0.39, 0.29) is 0 Å². The first kappa shape index (κ1) is 14.9. The minimum Gasteiger partial charge on any atom is -0.313 e. The third kappa shape index (κ3) is 6.16. The van der Waals surface area contributed by atoms with E-state index in [0.29, 0.717) is 18.1 Å². The molecule has 0 heterocycles. The van der Waals surface area contributed by atoms with E-state index in [2.05, 4.69) is 51.9 Å². The fraction of sp³-hybridized carbons (Fsp3) is 1.00. The molecule has 15 heavy (non-hydrogen) atoms. The van der Waals surface area contributed by atoms with Crippen molar-refractivity contribution in [2.24, 2.45) is 0 Å². The van der Waals surface area contributed by atoms with Gasteiger partial charge < -0.3 is 5.32 Å². The molecule has 2 heteroatoms. The molecule has 0 aromatic carbocycles. The van der Waals surface area contributed by atoms with Crippen LogP contribution in [0.2, 0.25) is 0 Å². The van der Waals surface area contributed by atoms with Crippen LogP contribution in [0.25, 0.3) is 0 Å². The van der Waals surface area contributed by atoms with E-state index in [1.54, 1.807) is 0 Å². The minimum absolute atomic E-state index is 0.624. The summed E-state index contributed by atoms with van der Waals surface area (Å²) in [7, 11) is 2.23. The number of hydrogen-bond acceptors (Lipinski definition) is 2. The van der Waals surface area contributed by atoms with Crippen molar-refractivity contribution in [3.63, 3.8) is 0 Å². The summed E-state index contributed by atoms with van der Waals surface area (Å²) in [6, 6.07) is 1.96. The molecule has 0 fully saturated rings. The van der Waals surface area contributed by atoms with Crippen LogP contribution in [-0.2, 0) is 0 Å². The predicted octanol–water partition coefficient (Wildman–Crippen LogP) is 2.88. The third-order valence-corrected chi connectivity index (χ3v) is 3.46. The first-order chi connectivity index (χ1) is 7.02. The first-order valence-electron chi connectivity index (χ1n) is 6.48. The normalized spacial score (nSPS) is 17.8. The van der Waals surface area contributed by atoms with Crippen molar-refractivity contribution in [3.05, 3.63) is 0 Å². The Labute approximate surface area is 96.4 Å². The lowest BCUT2D eigenvalue weighted by Crippen LogP contribution is -2.44. The van der Waals surface area contributed by atoms with E-state index in [1.807, 2.05) is 0 Å². The summed E-state index contributed by atoms with van der Waals surface area (Å²) in [6.45, 7) is 12.5. The van der Waals surface area contributed by atoms with Gasteiger partial charge in [-0.1, -0.05) is 20.3 Å². The average Bonchev–Trinajstić information content (AvgIpc) is 2.24. The van der Waals surface area contributed by atoms with Crippen molar-refractivity contribution in [2.45, 2.75) is 72.0 Å². The molecule has 0 saturated carbocycles. The molecule has 92 valence electrons. The van der Waals surface area contributed by atoms with Crippen molar-refractivity contribution in [2.75, 3.05) is 13.6 Å². The maximum atomic E-state index is 3.60. The number of likely N-dealkylation sites (N-methyl/N-ethyl adjacent to an activating group) is 1. The van der Waals surface area contributed by atoms with Gasteiger partial charge in [-0.2, -0.15) is 0 Å². The summed E-state index contributed by atoms with van der Waals surface area (Å²) in [6.07, 6.45) is 3.77. The van der Waals surface area contributed by atoms with Crippen molar-refractivity contribution >= 4 is 0 Å². The summed E-state index contributed by atoms with van der Waals surface area (Å²) < 4.78 is 0. The van der Waals surface area contributed by atoms with Crippen LogP contribution in [0.3, 0.4) is 0 Å². The molecule has 0 radical (unpaired) electrons. The molecule has 0 aromatic heterocycles. The lowest BCUT2D eigenvalue weighted by Gasteiger charge is -2.31. The van der Waals surface area contributed by atoms with E-state index in [0.717, 1.165) is 6.54 Å². The topological polar surface area (TPSA) is 15.3 Å². The Kier molecular flexibility index (Phi) is 8.07. The van der Waals surface area contributed by atoms with E-state index < -0.39 is 0 Å². The third-order valence-electron chi connectivity index (χ3n) is 3.46. The number of rotatable bonds is 8. The van der Waals surface area contributed by atoms with Crippen LogP contribution in [-0.4, -0.2) is 36.6 Å². The molecule has 0 spiro atoms. The fourth-order valence-corrected chi connectivity index (χ4v) is 1.77. The van der Waals surface area contributed by atoms with E-state index in [9.17, 15) is 0 Å². The zero-order valence-electron chi connectivity index (χ0n) is 11.5. The summed E-state index contributed by atoms with van der Waals surface area (Å²) in [4.78, 5) is 2.46. The van der Waals surface area contributed by atoms with Crippen LogP contribution in [0.15, 0.2) is 0 Å². The fourth-order valence-electron chi connectivity index (χ4n) is 1.77. The van der Waals surface area contributed by atoms with Crippen molar-refractivity contribution in [3.8, 4) is 0 Å². The van der Waals surface area contributed by atoms with Gasteiger partial charge in [-0.3, -0.25) is 4.90 Å². The molecular weight excluding hydrogens is 184 g/mol. The van der Waals surface area contributed by atoms with Crippen LogP contribution in [0.5, 0.6) is 0 Å². The largest absolute Gasteiger partial charge is 0.313 e. The second kappa shape index (κ2) is 8.12. The maximum absolute atomic E-state index is 3.60. The van der Waals surface area contributed by atoms with Crippen LogP contribution in [0, 0.1) is 0 Å². The SMILES string of the molecule is CCCC(C)NCC(C)N(C)C(C)CC. The number of nitrogens with zero attached hydrogens (tertiary/aromatic N) is 1. The second-order valence-electron chi connectivity index (χ2n) is 4.87. The molecule has 0 aliphatic rings. The van der Waals surface area contributed by atoms with Crippen molar-refractivity contribution in [1.29, 1.82) is 0 Å². The highest BCUT2D eigenvalue weighted by Crippen LogP contribution is 2.05. The summed E-state index contributed by atoms with van der Waals surface area (Å²) in [5.74, 6) is 0. The quantitative estimate of drug-likeness (QED) is 0.668. The number of nitrogens with one attached hydrogen (secondary N) is 1. The molecule has 3 atom stereocenters. The lowest BCUT2D eigenvalue weighted by molar-refractivity contribution is 0.184. The molecule has 1 N–H and O–H groups in total. The zero-order chi connectivity index (χ0) is 11.8. The molecular formula is C13H30N2. The molecule has 0 aliphatic carbocycles. The van der Waals surface area contributed by atoms with Gasteiger partial charge in [0.25, 0.3) is 0 Å². The highest BCUT2D eigenvalue weighted by molar-refractivity contribution is 4.72. The van der Waals surface area contributed by atoms with Gasteiger partial charge >= 0.3 is 0 Å². The Morgan fingerprint density at radius 1 is 1.07 bits per heavy atom. The molecule has 0 aromatic rings. The number of hydrogen-bond donors (Lipinski definition) is 1. The highest BCUT2D eigenvalue weighted by atomic mass is 15.2. The van der Waals surface area contributed by atoms with Crippen molar-refractivity contribution < 1.29 is 0 Å². The van der Waals surface area contributed by atoms with Gasteiger partial charge in [-0.05, 0) is 40.7 Å². The van der Waals surface area contributed by atoms with Gasteiger partial charge in [-0.25, -0.2) is 0 Å². The van der Waals surface area contributed by atoms with Crippen molar-refractivity contribution in [1.82, 2.24) is 10.2 Å². The van der Waals surface area contributed by atoms with E-state index >= 15 is 0 Å². The van der Waals surface area contributed by atoms with Crippen LogP contribution < -0.4 is 5.32 Å². The monoisotopic (exact) mass is 214 g/mol. The van der Waals surface area contributed by atoms with Gasteiger partial charge in [0.1, 0.15) is 0 Å². The molecule has 0 aliphatic heterocycles. The average molecular weight is 214 g/mol. The molecule has 0 bridgehead atoms. The van der Waals surface area contributed by atoms with E-state index in [4.69, 9.17) is 0 Å². The standard InChI is InChI=1S/C13H30N2/c1-7-9-11(3)14-10-13(5)15(6)12(4)8-2/h11-14H,7-10H2,1-6H3. The Balaban J connectivity index is 3.76. The summed E-state index contributed by atoms with van der Waals surface area (Å²) in [5, 5.41) is 3.60. The predicted molar refractivity (Wildman–Crippen MR) is 69.4 cm³/mol. The summed E-state index contributed by atoms with van der Waals surface area (Å²) in [5.41, 5.74) is 0. The Hall–Kier alpha value is -0.0800. The van der Waals surface area contributed by atoms with Gasteiger partial charge in [0.05, 0.1) is 0 Å². The van der Waals surface area contributed by atoms with Gasteiger partial charge in [0, 0.05) is 24.7 Å². The maximum Gasteiger partial charge on any atom is 0.0192 e.